The molecule has 6 nitrogen and oxygen atoms in total. The highest BCUT2D eigenvalue weighted by atomic mass is 35.5. The number of nitrogens with one attached hydrogen (secondary N) is 1. The minimum atomic E-state index is -0.490. The standard InChI is InChI=1S/C23H22ClFN4O2/c1-2-3-7-20-22-18(14-21(30)28(20)12-10-16-6-4-5-11-26-16)27-29(23(22)31)19-9-8-15(25)13-17(19)24/h4-6,8-9,11,13-14,27H,2-3,7,10,12H2,1H3. The molecule has 0 aliphatic carbocycles. The quantitative estimate of drug-likeness (QED) is 0.467. The zero-order valence-electron chi connectivity index (χ0n) is 17.1. The maximum atomic E-state index is 13.5. The molecule has 0 aliphatic rings. The van der Waals surface area contributed by atoms with Crippen molar-refractivity contribution < 1.29 is 4.39 Å². The van der Waals surface area contributed by atoms with Crippen LogP contribution in [0.25, 0.3) is 16.6 Å². The molecule has 0 radical (unpaired) electrons. The topological polar surface area (TPSA) is 72.7 Å². The van der Waals surface area contributed by atoms with Crippen LogP contribution in [-0.2, 0) is 19.4 Å². The highest BCUT2D eigenvalue weighted by Gasteiger charge is 2.19. The van der Waals surface area contributed by atoms with Crippen LogP contribution in [0.15, 0.2) is 58.3 Å². The lowest BCUT2D eigenvalue weighted by Gasteiger charge is -2.13. The molecule has 0 fully saturated rings. The molecule has 3 aromatic heterocycles. The van der Waals surface area contributed by atoms with E-state index in [1.807, 2.05) is 18.2 Å². The van der Waals surface area contributed by atoms with Crippen LogP contribution in [0.3, 0.4) is 0 Å². The van der Waals surface area contributed by atoms with Gasteiger partial charge < -0.3 is 4.57 Å². The molecule has 0 atom stereocenters. The summed E-state index contributed by atoms with van der Waals surface area (Å²) in [5.41, 5.74) is 1.84. The van der Waals surface area contributed by atoms with Crippen molar-refractivity contribution >= 4 is 22.5 Å². The number of unbranched alkanes of at least 4 members (excludes halogenated alkanes) is 1. The summed E-state index contributed by atoms with van der Waals surface area (Å²) in [5, 5.41) is 3.53. The maximum Gasteiger partial charge on any atom is 0.280 e. The van der Waals surface area contributed by atoms with Crippen LogP contribution in [0.1, 0.15) is 31.2 Å². The molecule has 0 bridgehead atoms. The lowest BCUT2D eigenvalue weighted by atomic mass is 10.1. The molecule has 1 aromatic carbocycles. The second kappa shape index (κ2) is 8.89. The number of H-pyrrole nitrogens is 1. The van der Waals surface area contributed by atoms with Gasteiger partial charge in [-0.3, -0.25) is 19.7 Å². The summed E-state index contributed by atoms with van der Waals surface area (Å²) < 4.78 is 16.4. The summed E-state index contributed by atoms with van der Waals surface area (Å²) in [6, 6.07) is 10.9. The summed E-state index contributed by atoms with van der Waals surface area (Å²) in [6.07, 6.45) is 4.65. The molecule has 0 unspecified atom stereocenters. The van der Waals surface area contributed by atoms with Crippen LogP contribution in [0, 0.1) is 5.82 Å². The third kappa shape index (κ3) is 4.18. The number of fused-ring (bicyclic) bond motifs is 1. The van der Waals surface area contributed by atoms with Crippen molar-refractivity contribution in [1.29, 1.82) is 0 Å². The minimum Gasteiger partial charge on any atom is -0.311 e. The lowest BCUT2D eigenvalue weighted by Crippen LogP contribution is -2.26. The SMILES string of the molecule is CCCCc1c2c(=O)n(-c3ccc(F)cc3Cl)[nH]c2cc(=O)n1CCc1ccccn1. The van der Waals surface area contributed by atoms with E-state index < -0.39 is 5.82 Å². The Morgan fingerprint density at radius 3 is 2.68 bits per heavy atom. The molecule has 0 spiro atoms. The van der Waals surface area contributed by atoms with Crippen LogP contribution in [0.4, 0.5) is 4.39 Å². The Bertz CT molecular complexity index is 1340. The van der Waals surface area contributed by atoms with Crippen molar-refractivity contribution in [3.05, 3.63) is 91.6 Å². The predicted molar refractivity (Wildman–Crippen MR) is 120 cm³/mol. The number of benzene rings is 1. The average molecular weight is 441 g/mol. The van der Waals surface area contributed by atoms with Gasteiger partial charge in [-0.1, -0.05) is 31.0 Å². The van der Waals surface area contributed by atoms with Gasteiger partial charge in [-0.15, -0.1) is 0 Å². The molecular weight excluding hydrogens is 419 g/mol. The van der Waals surface area contributed by atoms with E-state index in [2.05, 4.69) is 17.0 Å². The first-order valence-corrected chi connectivity index (χ1v) is 10.6. The van der Waals surface area contributed by atoms with Gasteiger partial charge in [0, 0.05) is 36.6 Å². The minimum absolute atomic E-state index is 0.106. The molecule has 0 aliphatic heterocycles. The van der Waals surface area contributed by atoms with E-state index in [0.717, 1.165) is 24.6 Å². The van der Waals surface area contributed by atoms with E-state index in [1.54, 1.807) is 10.8 Å². The van der Waals surface area contributed by atoms with Gasteiger partial charge in [0.25, 0.3) is 11.1 Å². The third-order valence-electron chi connectivity index (χ3n) is 5.30. The van der Waals surface area contributed by atoms with E-state index >= 15 is 0 Å². The largest absolute Gasteiger partial charge is 0.311 e. The Balaban J connectivity index is 1.86. The zero-order chi connectivity index (χ0) is 22.0. The first kappa shape index (κ1) is 21.1. The van der Waals surface area contributed by atoms with Crippen LogP contribution in [0.5, 0.6) is 0 Å². The van der Waals surface area contributed by atoms with E-state index in [-0.39, 0.29) is 16.1 Å². The van der Waals surface area contributed by atoms with Crippen LogP contribution >= 0.6 is 11.6 Å². The van der Waals surface area contributed by atoms with Gasteiger partial charge in [-0.2, -0.15) is 0 Å². The second-order valence-corrected chi connectivity index (χ2v) is 7.80. The van der Waals surface area contributed by atoms with Gasteiger partial charge in [0.1, 0.15) is 5.82 Å². The second-order valence-electron chi connectivity index (χ2n) is 7.39. The van der Waals surface area contributed by atoms with Crippen LogP contribution < -0.4 is 11.1 Å². The molecule has 3 heterocycles. The predicted octanol–water partition coefficient (Wildman–Crippen LogP) is 4.25. The molecule has 4 aromatic rings. The van der Waals surface area contributed by atoms with Gasteiger partial charge in [0.05, 0.1) is 21.6 Å². The summed E-state index contributed by atoms with van der Waals surface area (Å²) in [6.45, 7) is 2.48. The fourth-order valence-electron chi connectivity index (χ4n) is 3.76. The fraction of sp³-hybridized carbons (Fsp3) is 0.261. The van der Waals surface area contributed by atoms with Crippen molar-refractivity contribution in [3.8, 4) is 5.69 Å². The third-order valence-corrected chi connectivity index (χ3v) is 5.60. The highest BCUT2D eigenvalue weighted by Crippen LogP contribution is 2.22. The molecule has 0 saturated carbocycles. The van der Waals surface area contributed by atoms with Crippen LogP contribution in [-0.4, -0.2) is 19.3 Å². The summed E-state index contributed by atoms with van der Waals surface area (Å²) in [4.78, 5) is 30.6. The number of aryl methyl sites for hydroxylation is 2. The van der Waals surface area contributed by atoms with Gasteiger partial charge in [0.15, 0.2) is 0 Å². The first-order valence-electron chi connectivity index (χ1n) is 10.2. The van der Waals surface area contributed by atoms with Gasteiger partial charge in [-0.25, -0.2) is 9.07 Å². The molecule has 4 rings (SSSR count). The lowest BCUT2D eigenvalue weighted by molar-refractivity contribution is 0.616. The number of aromatic amines is 1. The highest BCUT2D eigenvalue weighted by molar-refractivity contribution is 6.32. The van der Waals surface area contributed by atoms with Gasteiger partial charge >= 0.3 is 0 Å². The van der Waals surface area contributed by atoms with Crippen molar-refractivity contribution in [1.82, 2.24) is 19.3 Å². The normalized spacial score (nSPS) is 11.3. The maximum absolute atomic E-state index is 13.5. The van der Waals surface area contributed by atoms with Crippen LogP contribution in [0.2, 0.25) is 5.02 Å². The molecule has 31 heavy (non-hydrogen) atoms. The fourth-order valence-corrected chi connectivity index (χ4v) is 4.01. The van der Waals surface area contributed by atoms with Crippen molar-refractivity contribution in [3.63, 3.8) is 0 Å². The Morgan fingerprint density at radius 2 is 1.97 bits per heavy atom. The number of halogens is 2. The van der Waals surface area contributed by atoms with Crippen molar-refractivity contribution in [2.24, 2.45) is 0 Å². The van der Waals surface area contributed by atoms with Crippen molar-refractivity contribution in [2.75, 3.05) is 0 Å². The van der Waals surface area contributed by atoms with Crippen molar-refractivity contribution in [2.45, 2.75) is 39.2 Å². The summed E-state index contributed by atoms with van der Waals surface area (Å²) in [5.74, 6) is -0.490. The van der Waals surface area contributed by atoms with E-state index in [4.69, 9.17) is 11.6 Å². The molecule has 0 saturated heterocycles. The number of hydrogen-bond donors (Lipinski definition) is 1. The average Bonchev–Trinajstić information content (AvgIpc) is 3.07. The number of pyridine rings is 2. The zero-order valence-corrected chi connectivity index (χ0v) is 17.8. The summed E-state index contributed by atoms with van der Waals surface area (Å²) >= 11 is 6.17. The Labute approximate surface area is 182 Å². The first-order chi connectivity index (χ1) is 15.0. The number of aromatic nitrogens is 4. The monoisotopic (exact) mass is 440 g/mol. The Hall–Kier alpha value is -3.19. The van der Waals surface area contributed by atoms with Gasteiger partial charge in [-0.05, 0) is 43.2 Å². The van der Waals surface area contributed by atoms with E-state index in [1.165, 1.54) is 22.9 Å². The van der Waals surface area contributed by atoms with Gasteiger partial charge in [0.2, 0.25) is 0 Å². The Morgan fingerprint density at radius 1 is 1.13 bits per heavy atom. The molecule has 160 valence electrons. The molecule has 1 N–H and O–H groups in total. The molecule has 8 heteroatoms. The number of rotatable bonds is 7. The van der Waals surface area contributed by atoms with E-state index in [0.29, 0.717) is 41.7 Å². The number of nitrogens with zero attached hydrogens (tertiary/aromatic N) is 3. The van der Waals surface area contributed by atoms with E-state index in [9.17, 15) is 14.0 Å². The molecular formula is C23H22ClFN4O2. The molecule has 0 amide bonds. The Kier molecular flexibility index (Phi) is 6.04. The smallest absolute Gasteiger partial charge is 0.280 e. The summed E-state index contributed by atoms with van der Waals surface area (Å²) in [7, 11) is 0. The number of hydrogen-bond acceptors (Lipinski definition) is 3.